The van der Waals surface area contributed by atoms with Crippen LogP contribution in [0.25, 0.3) is 0 Å². The largest absolute Gasteiger partial charge is 0.492 e. The first kappa shape index (κ1) is 18.2. The van der Waals surface area contributed by atoms with E-state index in [1.54, 1.807) is 12.1 Å². The van der Waals surface area contributed by atoms with E-state index in [1.807, 2.05) is 12.1 Å². The molecule has 2 heterocycles. The van der Waals surface area contributed by atoms with Gasteiger partial charge in [-0.25, -0.2) is 0 Å². The SMILES string of the molecule is O=C(N[C@H]1CNCCC[C@H]1O)c1ccc(OCCN2CCCC2)cc1. The summed E-state index contributed by atoms with van der Waals surface area (Å²) in [6, 6.07) is 6.97. The van der Waals surface area contributed by atoms with Crippen LogP contribution in [-0.4, -0.2) is 67.4 Å². The highest BCUT2D eigenvalue weighted by Crippen LogP contribution is 2.14. The van der Waals surface area contributed by atoms with Crippen molar-refractivity contribution in [2.24, 2.45) is 0 Å². The highest BCUT2D eigenvalue weighted by molar-refractivity contribution is 5.94. The highest BCUT2D eigenvalue weighted by Gasteiger charge is 2.23. The van der Waals surface area contributed by atoms with E-state index in [-0.39, 0.29) is 11.9 Å². The van der Waals surface area contributed by atoms with Crippen molar-refractivity contribution in [3.8, 4) is 5.75 Å². The maximum atomic E-state index is 12.4. The molecule has 0 spiro atoms. The standard InChI is InChI=1S/C19H29N3O3/c23-18-4-3-9-20-14-17(18)21-19(24)15-5-7-16(8-6-15)25-13-12-22-10-1-2-11-22/h5-8,17-18,20,23H,1-4,9-14H2,(H,21,24)/t17-,18+/m0/s1. The monoisotopic (exact) mass is 347 g/mol. The van der Waals surface area contributed by atoms with Crippen LogP contribution in [0.15, 0.2) is 24.3 Å². The molecule has 2 saturated heterocycles. The quantitative estimate of drug-likeness (QED) is 0.716. The number of carbonyl (C=O) groups excluding carboxylic acids is 1. The number of carbonyl (C=O) groups is 1. The Labute approximate surface area is 149 Å². The molecule has 1 aromatic rings. The number of hydrogen-bond donors (Lipinski definition) is 3. The third kappa shape index (κ3) is 5.42. The molecule has 0 saturated carbocycles. The lowest BCUT2D eigenvalue weighted by atomic mass is 10.1. The zero-order valence-corrected chi connectivity index (χ0v) is 14.7. The summed E-state index contributed by atoms with van der Waals surface area (Å²) >= 11 is 0. The second-order valence-electron chi connectivity index (χ2n) is 6.92. The predicted molar refractivity (Wildman–Crippen MR) is 97.0 cm³/mol. The first-order valence-electron chi connectivity index (χ1n) is 9.37. The summed E-state index contributed by atoms with van der Waals surface area (Å²) < 4.78 is 5.76. The summed E-state index contributed by atoms with van der Waals surface area (Å²) in [5.74, 6) is 0.628. The fourth-order valence-corrected chi connectivity index (χ4v) is 3.43. The van der Waals surface area contributed by atoms with Crippen molar-refractivity contribution in [2.75, 3.05) is 39.3 Å². The van der Waals surface area contributed by atoms with E-state index >= 15 is 0 Å². The normalized spacial score (nSPS) is 24.7. The Morgan fingerprint density at radius 1 is 1.24 bits per heavy atom. The number of likely N-dealkylation sites (tertiary alicyclic amines) is 1. The van der Waals surface area contributed by atoms with Gasteiger partial charge in [-0.15, -0.1) is 0 Å². The van der Waals surface area contributed by atoms with Crippen molar-refractivity contribution in [3.63, 3.8) is 0 Å². The molecule has 1 amide bonds. The lowest BCUT2D eigenvalue weighted by Gasteiger charge is -2.21. The number of hydrogen-bond acceptors (Lipinski definition) is 5. The number of nitrogens with one attached hydrogen (secondary N) is 2. The molecule has 0 bridgehead atoms. The first-order chi connectivity index (χ1) is 12.2. The third-order valence-electron chi connectivity index (χ3n) is 4.99. The van der Waals surface area contributed by atoms with Crippen LogP contribution < -0.4 is 15.4 Å². The van der Waals surface area contributed by atoms with Gasteiger partial charge in [-0.2, -0.15) is 0 Å². The lowest BCUT2D eigenvalue weighted by Crippen LogP contribution is -2.47. The van der Waals surface area contributed by atoms with Crippen molar-refractivity contribution in [2.45, 2.75) is 37.8 Å². The average molecular weight is 347 g/mol. The Morgan fingerprint density at radius 2 is 2.00 bits per heavy atom. The summed E-state index contributed by atoms with van der Waals surface area (Å²) in [5.41, 5.74) is 0.586. The van der Waals surface area contributed by atoms with Gasteiger partial charge in [0.25, 0.3) is 5.91 Å². The molecule has 2 atom stereocenters. The van der Waals surface area contributed by atoms with Crippen LogP contribution in [0, 0.1) is 0 Å². The van der Waals surface area contributed by atoms with Crippen LogP contribution in [0.5, 0.6) is 5.75 Å². The topological polar surface area (TPSA) is 73.8 Å². The van der Waals surface area contributed by atoms with Gasteiger partial charge in [0.15, 0.2) is 0 Å². The van der Waals surface area contributed by atoms with Gasteiger partial charge in [0.2, 0.25) is 0 Å². The second-order valence-corrected chi connectivity index (χ2v) is 6.92. The Morgan fingerprint density at radius 3 is 2.76 bits per heavy atom. The molecule has 3 N–H and O–H groups in total. The molecule has 25 heavy (non-hydrogen) atoms. The number of aliphatic hydroxyl groups excluding tert-OH is 1. The lowest BCUT2D eigenvalue weighted by molar-refractivity contribution is 0.0832. The summed E-state index contributed by atoms with van der Waals surface area (Å²) in [4.78, 5) is 14.8. The smallest absolute Gasteiger partial charge is 0.251 e. The Kier molecular flexibility index (Phi) is 6.67. The Hall–Kier alpha value is -1.63. The molecule has 2 fully saturated rings. The molecule has 1 aromatic carbocycles. The average Bonchev–Trinajstić information content (AvgIpc) is 3.06. The molecule has 3 rings (SSSR count). The summed E-state index contributed by atoms with van der Waals surface area (Å²) in [5, 5.41) is 16.3. The van der Waals surface area contributed by atoms with E-state index in [4.69, 9.17) is 4.74 Å². The molecular formula is C19H29N3O3. The van der Waals surface area contributed by atoms with Gasteiger partial charge >= 0.3 is 0 Å². The van der Waals surface area contributed by atoms with Gasteiger partial charge < -0.3 is 20.5 Å². The van der Waals surface area contributed by atoms with Gasteiger partial charge in [0, 0.05) is 18.7 Å². The van der Waals surface area contributed by atoms with Crippen molar-refractivity contribution in [1.29, 1.82) is 0 Å². The number of aliphatic hydroxyl groups is 1. The number of amides is 1. The van der Waals surface area contributed by atoms with Crippen molar-refractivity contribution >= 4 is 5.91 Å². The molecule has 0 aromatic heterocycles. The van der Waals surface area contributed by atoms with Crippen molar-refractivity contribution < 1.29 is 14.6 Å². The van der Waals surface area contributed by atoms with Gasteiger partial charge in [0.05, 0.1) is 12.1 Å². The van der Waals surface area contributed by atoms with E-state index in [2.05, 4.69) is 15.5 Å². The number of ether oxygens (including phenoxy) is 1. The molecule has 0 unspecified atom stereocenters. The van der Waals surface area contributed by atoms with Crippen LogP contribution in [0.2, 0.25) is 0 Å². The van der Waals surface area contributed by atoms with Crippen molar-refractivity contribution in [1.82, 2.24) is 15.5 Å². The molecule has 0 aliphatic carbocycles. The Bertz CT molecular complexity index is 543. The second kappa shape index (κ2) is 9.17. The van der Waals surface area contributed by atoms with E-state index in [1.165, 1.54) is 25.9 Å². The molecular weight excluding hydrogens is 318 g/mol. The number of rotatable bonds is 6. The van der Waals surface area contributed by atoms with Gasteiger partial charge in [-0.05, 0) is 69.6 Å². The van der Waals surface area contributed by atoms with Crippen LogP contribution in [0.3, 0.4) is 0 Å². The van der Waals surface area contributed by atoms with Gasteiger partial charge in [0.1, 0.15) is 12.4 Å². The van der Waals surface area contributed by atoms with Gasteiger partial charge in [-0.3, -0.25) is 9.69 Å². The minimum absolute atomic E-state index is 0.156. The molecule has 0 radical (unpaired) electrons. The van der Waals surface area contributed by atoms with Crippen LogP contribution in [0.1, 0.15) is 36.0 Å². The molecule has 6 heteroatoms. The summed E-state index contributed by atoms with van der Waals surface area (Å²) in [6.07, 6.45) is 3.72. The van der Waals surface area contributed by atoms with E-state index in [9.17, 15) is 9.90 Å². The maximum absolute atomic E-state index is 12.4. The summed E-state index contributed by atoms with van der Waals surface area (Å²) in [7, 11) is 0. The minimum Gasteiger partial charge on any atom is -0.492 e. The zero-order valence-electron chi connectivity index (χ0n) is 14.7. The maximum Gasteiger partial charge on any atom is 0.251 e. The van der Waals surface area contributed by atoms with E-state index < -0.39 is 6.10 Å². The van der Waals surface area contributed by atoms with Crippen LogP contribution in [-0.2, 0) is 0 Å². The number of benzene rings is 1. The molecule has 2 aliphatic rings. The molecule has 2 aliphatic heterocycles. The molecule has 6 nitrogen and oxygen atoms in total. The highest BCUT2D eigenvalue weighted by atomic mass is 16.5. The number of nitrogens with zero attached hydrogens (tertiary/aromatic N) is 1. The van der Waals surface area contributed by atoms with Gasteiger partial charge in [-0.1, -0.05) is 0 Å². The van der Waals surface area contributed by atoms with Crippen LogP contribution >= 0.6 is 0 Å². The fourth-order valence-electron chi connectivity index (χ4n) is 3.43. The summed E-state index contributed by atoms with van der Waals surface area (Å²) in [6.45, 7) is 5.45. The van der Waals surface area contributed by atoms with Crippen molar-refractivity contribution in [3.05, 3.63) is 29.8 Å². The predicted octanol–water partition coefficient (Wildman–Crippen LogP) is 1.00. The zero-order chi connectivity index (χ0) is 17.5. The Balaban J connectivity index is 1.46. The van der Waals surface area contributed by atoms with E-state index in [0.717, 1.165) is 25.3 Å². The van der Waals surface area contributed by atoms with E-state index in [0.29, 0.717) is 25.1 Å². The fraction of sp³-hybridized carbons (Fsp3) is 0.632. The first-order valence-corrected chi connectivity index (χ1v) is 9.37. The minimum atomic E-state index is -0.493. The molecule has 138 valence electrons. The van der Waals surface area contributed by atoms with Crippen LogP contribution in [0.4, 0.5) is 0 Å². The third-order valence-corrected chi connectivity index (χ3v) is 4.99.